The molecule has 0 radical (unpaired) electrons. The summed E-state index contributed by atoms with van der Waals surface area (Å²) in [6, 6.07) is 8.94. The first-order valence-electron chi connectivity index (χ1n) is 11.4. The van der Waals surface area contributed by atoms with E-state index in [0.717, 1.165) is 19.3 Å². The summed E-state index contributed by atoms with van der Waals surface area (Å²) >= 11 is 0. The maximum Gasteiger partial charge on any atom is 0.240 e. The standard InChI is InChI=1S/C25H31NO5S/c1-24(2)15-9-10-25(24,20(27)11-15)14-32(30)17-12-18-21(19(13-17)31-3)23(29)26(22(18)28)16-7-5-4-6-8-16/h4-8,13,15,18-21,27H,9-12,14H2,1-3H3/t15-,18-,19-,20-,21-,25-,32?/m1/s1. The summed E-state index contributed by atoms with van der Waals surface area (Å²) in [5, 5.41) is 10.9. The molecule has 1 N–H and O–H groups in total. The Balaban J connectivity index is 1.42. The Hall–Kier alpha value is -1.83. The zero-order chi connectivity index (χ0) is 22.8. The van der Waals surface area contributed by atoms with Gasteiger partial charge in [0.05, 0.1) is 29.7 Å². The van der Waals surface area contributed by atoms with Crippen molar-refractivity contribution in [3.63, 3.8) is 0 Å². The molecule has 1 aromatic rings. The molecule has 3 aliphatic carbocycles. The van der Waals surface area contributed by atoms with E-state index >= 15 is 0 Å². The van der Waals surface area contributed by atoms with Gasteiger partial charge in [-0.2, -0.15) is 0 Å². The molecule has 1 unspecified atom stereocenters. The van der Waals surface area contributed by atoms with Gasteiger partial charge in [0, 0.05) is 34.0 Å². The fourth-order valence-electron chi connectivity index (χ4n) is 6.83. The van der Waals surface area contributed by atoms with Crippen molar-refractivity contribution in [1.29, 1.82) is 0 Å². The highest BCUT2D eigenvalue weighted by molar-refractivity contribution is 7.89. The number of fused-ring (bicyclic) bond motifs is 3. The van der Waals surface area contributed by atoms with Crippen molar-refractivity contribution in [3.05, 3.63) is 41.3 Å². The monoisotopic (exact) mass is 457 g/mol. The molecular formula is C25H31NO5S. The van der Waals surface area contributed by atoms with Crippen LogP contribution in [0.1, 0.15) is 39.5 Å². The zero-order valence-corrected chi connectivity index (χ0v) is 19.6. The number of benzene rings is 1. The van der Waals surface area contributed by atoms with Crippen LogP contribution in [-0.2, 0) is 25.1 Å². The molecule has 2 amide bonds. The second-order valence-corrected chi connectivity index (χ2v) is 11.9. The van der Waals surface area contributed by atoms with E-state index in [2.05, 4.69) is 13.8 Å². The van der Waals surface area contributed by atoms with Crippen LogP contribution >= 0.6 is 0 Å². The fourth-order valence-corrected chi connectivity index (χ4v) is 8.84. The van der Waals surface area contributed by atoms with E-state index in [0.29, 0.717) is 28.7 Å². The largest absolute Gasteiger partial charge is 0.392 e. The first kappa shape index (κ1) is 22.0. The predicted octanol–water partition coefficient (Wildman–Crippen LogP) is 3.03. The van der Waals surface area contributed by atoms with E-state index in [4.69, 9.17) is 4.74 Å². The van der Waals surface area contributed by atoms with Gasteiger partial charge in [0.25, 0.3) is 0 Å². The molecule has 1 aromatic carbocycles. The molecule has 2 saturated carbocycles. The molecule has 1 saturated heterocycles. The van der Waals surface area contributed by atoms with Crippen LogP contribution in [-0.4, -0.2) is 46.2 Å². The predicted molar refractivity (Wildman–Crippen MR) is 122 cm³/mol. The first-order valence-corrected chi connectivity index (χ1v) is 12.8. The Bertz CT molecular complexity index is 1000. The fraction of sp³-hybridized carbons (Fsp3) is 0.600. The number of carbonyl (C=O) groups is 2. The first-order chi connectivity index (χ1) is 15.2. The van der Waals surface area contributed by atoms with E-state index in [1.807, 2.05) is 6.07 Å². The van der Waals surface area contributed by atoms with Gasteiger partial charge in [-0.15, -0.1) is 0 Å². The molecule has 7 atom stereocenters. The van der Waals surface area contributed by atoms with E-state index in [-0.39, 0.29) is 22.6 Å². The lowest BCUT2D eigenvalue weighted by atomic mass is 9.70. The smallest absolute Gasteiger partial charge is 0.240 e. The van der Waals surface area contributed by atoms with Crippen LogP contribution < -0.4 is 4.90 Å². The molecular weight excluding hydrogens is 426 g/mol. The molecule has 5 rings (SSSR count). The van der Waals surface area contributed by atoms with E-state index in [9.17, 15) is 18.9 Å². The van der Waals surface area contributed by atoms with Crippen molar-refractivity contribution in [2.24, 2.45) is 28.6 Å². The lowest BCUT2D eigenvalue weighted by Gasteiger charge is -2.40. The molecule has 0 aromatic heterocycles. The van der Waals surface area contributed by atoms with E-state index < -0.39 is 34.8 Å². The Morgan fingerprint density at radius 1 is 1.19 bits per heavy atom. The van der Waals surface area contributed by atoms with Crippen LogP contribution in [0.25, 0.3) is 0 Å². The normalized spacial score (nSPS) is 38.7. The number of hydrogen-bond acceptors (Lipinski definition) is 5. The number of carbonyl (C=O) groups excluding carboxylic acids is 2. The zero-order valence-electron chi connectivity index (χ0n) is 18.8. The third-order valence-electron chi connectivity index (χ3n) is 8.96. The van der Waals surface area contributed by atoms with Gasteiger partial charge in [0.1, 0.15) is 0 Å². The molecule has 7 heteroatoms. The van der Waals surface area contributed by atoms with Crippen LogP contribution in [0.4, 0.5) is 5.69 Å². The van der Waals surface area contributed by atoms with E-state index in [1.165, 1.54) is 12.0 Å². The third-order valence-corrected chi connectivity index (χ3v) is 10.6. The Morgan fingerprint density at radius 3 is 2.50 bits per heavy atom. The van der Waals surface area contributed by atoms with E-state index in [1.54, 1.807) is 30.3 Å². The average molecular weight is 458 g/mol. The Morgan fingerprint density at radius 2 is 1.91 bits per heavy atom. The van der Waals surface area contributed by atoms with Crippen molar-refractivity contribution in [3.8, 4) is 0 Å². The quantitative estimate of drug-likeness (QED) is 0.687. The summed E-state index contributed by atoms with van der Waals surface area (Å²) < 4.78 is 19.2. The number of anilines is 1. The topological polar surface area (TPSA) is 83.9 Å². The summed E-state index contributed by atoms with van der Waals surface area (Å²) in [5.74, 6) is -0.843. The number of imide groups is 1. The minimum absolute atomic E-state index is 0.0657. The lowest BCUT2D eigenvalue weighted by molar-refractivity contribution is -0.124. The summed E-state index contributed by atoms with van der Waals surface area (Å²) in [7, 11) is 0.174. The summed E-state index contributed by atoms with van der Waals surface area (Å²) in [5.41, 5.74) is 0.124. The highest BCUT2D eigenvalue weighted by Crippen LogP contribution is 2.66. The number of methoxy groups -OCH3 is 1. The molecule has 32 heavy (non-hydrogen) atoms. The van der Waals surface area contributed by atoms with Gasteiger partial charge in [-0.1, -0.05) is 32.0 Å². The number of aliphatic hydroxyl groups is 1. The molecule has 172 valence electrons. The molecule has 4 aliphatic rings. The summed E-state index contributed by atoms with van der Waals surface area (Å²) in [6.07, 6.45) is 3.77. The van der Waals surface area contributed by atoms with Crippen molar-refractivity contribution in [2.75, 3.05) is 17.8 Å². The van der Waals surface area contributed by atoms with Gasteiger partial charge in [-0.05, 0) is 55.2 Å². The van der Waals surface area contributed by atoms with Crippen molar-refractivity contribution < 1.29 is 23.6 Å². The van der Waals surface area contributed by atoms with Crippen LogP contribution in [0.3, 0.4) is 0 Å². The van der Waals surface area contributed by atoms with Crippen molar-refractivity contribution in [1.82, 2.24) is 0 Å². The summed E-state index contributed by atoms with van der Waals surface area (Å²) in [4.78, 5) is 28.4. The average Bonchev–Trinajstić information content (AvgIpc) is 3.25. The number of amides is 2. The Kier molecular flexibility index (Phi) is 5.23. The SMILES string of the molecule is CO[C@@H]1C=C(S(=O)C[C@]23CC[C@H](C[C@H]2O)C3(C)C)C[C@H]2C(=O)N(c3ccccc3)C(=O)[C@@H]12. The van der Waals surface area contributed by atoms with Crippen LogP contribution in [0, 0.1) is 28.6 Å². The lowest BCUT2D eigenvalue weighted by Crippen LogP contribution is -2.44. The maximum atomic E-state index is 13.6. The van der Waals surface area contributed by atoms with Crippen molar-refractivity contribution >= 4 is 28.3 Å². The van der Waals surface area contributed by atoms with Gasteiger partial charge in [0.15, 0.2) is 0 Å². The van der Waals surface area contributed by atoms with Gasteiger partial charge < -0.3 is 9.84 Å². The molecule has 1 heterocycles. The minimum atomic E-state index is -1.35. The highest BCUT2D eigenvalue weighted by atomic mass is 32.2. The number of para-hydroxylation sites is 1. The second-order valence-electron chi connectivity index (χ2n) is 10.4. The molecule has 6 nitrogen and oxygen atoms in total. The molecule has 1 aliphatic heterocycles. The van der Waals surface area contributed by atoms with Crippen LogP contribution in [0.2, 0.25) is 0 Å². The summed E-state index contributed by atoms with van der Waals surface area (Å²) in [6.45, 7) is 4.39. The third kappa shape index (κ3) is 2.94. The number of aliphatic hydroxyl groups excluding tert-OH is 1. The molecule has 0 spiro atoms. The van der Waals surface area contributed by atoms with Crippen LogP contribution in [0.5, 0.6) is 0 Å². The van der Waals surface area contributed by atoms with Crippen molar-refractivity contribution in [2.45, 2.75) is 51.7 Å². The minimum Gasteiger partial charge on any atom is -0.392 e. The van der Waals surface area contributed by atoms with Crippen LogP contribution in [0.15, 0.2) is 41.3 Å². The number of nitrogens with zero attached hydrogens (tertiary/aromatic N) is 1. The van der Waals surface area contributed by atoms with Gasteiger partial charge in [-0.25, -0.2) is 4.90 Å². The second kappa shape index (κ2) is 7.61. The van der Waals surface area contributed by atoms with Gasteiger partial charge >= 0.3 is 0 Å². The number of ether oxygens (including phenoxy) is 1. The van der Waals surface area contributed by atoms with Gasteiger partial charge in [-0.3, -0.25) is 13.8 Å². The molecule has 2 bridgehead atoms. The number of allylic oxidation sites excluding steroid dienone is 1. The molecule has 3 fully saturated rings. The number of hydrogen-bond donors (Lipinski definition) is 1. The Labute approximate surface area is 191 Å². The highest BCUT2D eigenvalue weighted by Gasteiger charge is 2.64. The number of rotatable bonds is 5. The van der Waals surface area contributed by atoms with Gasteiger partial charge in [0.2, 0.25) is 11.8 Å². The maximum absolute atomic E-state index is 13.6.